The number of carbonyl (C=O) groups is 9. The summed E-state index contributed by atoms with van der Waals surface area (Å²) in [5.41, 5.74) is 18.6. The number of nitrogens with two attached hydrogens (primary N) is 2. The van der Waals surface area contributed by atoms with E-state index in [2.05, 4.69) is 151 Å². The third kappa shape index (κ3) is 34.9. The zero-order valence-corrected chi connectivity index (χ0v) is 85.9. The van der Waals surface area contributed by atoms with Crippen molar-refractivity contribution < 1.29 is 76.7 Å². The molecule has 760 valence electrons. The predicted molar refractivity (Wildman–Crippen MR) is 530 cm³/mol. The van der Waals surface area contributed by atoms with Crippen molar-refractivity contribution in [3.05, 3.63) is 90.3 Å². The Labute approximate surface area is 823 Å². The second-order valence-corrected chi connectivity index (χ2v) is 42.1. The Hall–Kier alpha value is -11.8. The minimum Gasteiger partial charge on any atom is -0.480 e. The van der Waals surface area contributed by atoms with Crippen LogP contribution in [0.25, 0.3) is 33.1 Å². The molecule has 12 N–H and O–H groups in total. The van der Waals surface area contributed by atoms with Crippen LogP contribution >= 0.6 is 15.9 Å². The van der Waals surface area contributed by atoms with Crippen LogP contribution in [0.15, 0.2) is 73.6 Å². The van der Waals surface area contributed by atoms with Crippen molar-refractivity contribution >= 4 is 120 Å². The number of piperidine rings is 3. The van der Waals surface area contributed by atoms with E-state index in [-0.39, 0.29) is 101 Å². The van der Waals surface area contributed by atoms with Crippen LogP contribution in [-0.4, -0.2) is 327 Å². The van der Waals surface area contributed by atoms with E-state index >= 15 is 0 Å². The van der Waals surface area contributed by atoms with Gasteiger partial charge >= 0.3 is 42.3 Å². The van der Waals surface area contributed by atoms with Crippen LogP contribution in [0.5, 0.6) is 0 Å². The molecular formula is C97H144BrN25O16. The monoisotopic (exact) mass is 1990 g/mol. The van der Waals surface area contributed by atoms with E-state index in [0.29, 0.717) is 109 Å². The van der Waals surface area contributed by atoms with Gasteiger partial charge in [-0.2, -0.15) is 15.8 Å². The number of nitrogens with zero attached hydrogens (tertiary/aromatic N) is 16. The maximum absolute atomic E-state index is 13.1. The maximum Gasteiger partial charge on any atom is 0.407 e. The summed E-state index contributed by atoms with van der Waals surface area (Å²) in [5, 5.41) is 57.3. The first-order chi connectivity index (χ1) is 65.2. The number of fused-ring (bicyclic) bond motifs is 3. The summed E-state index contributed by atoms with van der Waals surface area (Å²) in [6.07, 6.45) is 11.0. The fourth-order valence-electron chi connectivity index (χ4n) is 16.6. The van der Waals surface area contributed by atoms with Crippen molar-refractivity contribution in [2.75, 3.05) is 134 Å². The highest BCUT2D eigenvalue weighted by Crippen LogP contribution is 2.35. The summed E-state index contributed by atoms with van der Waals surface area (Å²) in [7, 11) is 2.73. The van der Waals surface area contributed by atoms with Gasteiger partial charge in [-0.25, -0.2) is 19.2 Å². The van der Waals surface area contributed by atoms with Crippen LogP contribution in [0.3, 0.4) is 0 Å². The van der Waals surface area contributed by atoms with Crippen LogP contribution in [0.2, 0.25) is 0 Å². The van der Waals surface area contributed by atoms with Crippen LogP contribution in [0.1, 0.15) is 174 Å². The van der Waals surface area contributed by atoms with Gasteiger partial charge in [-0.1, -0.05) is 36.7 Å². The number of nitriles is 3. The number of amides is 6. The van der Waals surface area contributed by atoms with Gasteiger partial charge in [-0.15, -0.1) is 0 Å². The lowest BCUT2D eigenvalue weighted by Crippen LogP contribution is -2.65. The van der Waals surface area contributed by atoms with Gasteiger partial charge in [0.1, 0.15) is 90.6 Å². The zero-order chi connectivity index (χ0) is 103. The molecule has 5 unspecified atom stereocenters. The number of alkyl carbamates (subject to hydrolysis) is 4. The topological polar surface area (TPSA) is 537 Å². The number of alkyl halides is 1. The fourth-order valence-corrected chi connectivity index (χ4v) is 16.8. The van der Waals surface area contributed by atoms with Crippen molar-refractivity contribution in [3.8, 4) is 18.2 Å². The summed E-state index contributed by atoms with van der Waals surface area (Å²) >= 11 is 3.03. The Morgan fingerprint density at radius 1 is 0.388 bits per heavy atom. The molecule has 0 spiro atoms. The predicted octanol–water partition coefficient (Wildman–Crippen LogP) is 7.82. The van der Waals surface area contributed by atoms with Gasteiger partial charge in [0.05, 0.1) is 84.2 Å². The number of carboxylic acid groups (broad SMARTS) is 1. The average molecular weight is 2000 g/mol. The molecule has 0 aliphatic carbocycles. The Kier molecular flexibility index (Phi) is 41.1. The highest BCUT2D eigenvalue weighted by molar-refractivity contribution is 9.10. The summed E-state index contributed by atoms with van der Waals surface area (Å²) in [6.45, 7) is 49.1. The number of carbonyl (C=O) groups excluding carboxylic acids is 8. The van der Waals surface area contributed by atoms with E-state index in [1.54, 1.807) is 95.8 Å². The standard InChI is InChI=1S/C26H35N7O3.C21H27N7O.C15H17N5.C12H22N2O4.C11H20N2O4.C8H16N2O2.C4H7BrO2/c1-16-10-19(13-33(12-16)21-7-6-18(11-27)22-23(21)29-9-8-28-22)30-24(34)17(2)32-14-20(15-32)31-25(35)36-26(3,4)5;1-13-7-17(26-21(29)14(2)27-10-16(23)11-27)12-28(9-13)18-4-3-15(8-22)19-20(18)25-6-5-24-19;1-10-6-12(17)9-20(8-10)13-3-2-11(7-16)14-15(13)19-5-4-18-14;1-8(10(15)17-5)14-6-9(7-14)13-11(16)18-12(2,3)4;1-7(9(14)15)13-5-8(6-13)12-10(16)17-11(2,3)4;1-8(2,3)12-7(11)10-6-4-9-5-6;1-3(5)4(6)7-2/h6-9,16-17,19-20H,10,12-15H2,1-5H3,(H,30,34)(H,31,35);3-6,13-14,16-17H,7,9-12,23H2,1-2H3,(H,26,29);2-5,10,12H,6,8-9,17H2,1H3;8-9H,6-7H2,1-5H3,(H,13,16);7-8H,5-6H2,1-4H3,(H,12,16)(H,14,15);6,9H,4-5H2,1-3H3,(H,10,11);3H,1-2H3/t16-,17?,19+;13-,14?,17+;10-,12+;;;;/m000..../s1. The van der Waals surface area contributed by atoms with E-state index in [4.69, 9.17) is 40.8 Å². The highest BCUT2D eigenvalue weighted by Gasteiger charge is 2.41. The number of aromatic nitrogens is 6. The van der Waals surface area contributed by atoms with Crippen molar-refractivity contribution in [1.29, 1.82) is 15.8 Å². The third-order valence-corrected chi connectivity index (χ3v) is 24.0. The molecule has 14 rings (SSSR count). The van der Waals surface area contributed by atoms with Crippen LogP contribution < -0.4 is 63.4 Å². The summed E-state index contributed by atoms with van der Waals surface area (Å²) in [5.74, 6) is 0.0412. The second-order valence-electron chi connectivity index (χ2n) is 40.7. The quantitative estimate of drug-likeness (QED) is 0.0223. The van der Waals surface area contributed by atoms with Gasteiger partial charge in [-0.05, 0) is 191 Å². The van der Waals surface area contributed by atoms with Crippen LogP contribution in [0, 0.1) is 51.7 Å². The lowest BCUT2D eigenvalue weighted by molar-refractivity contribution is -0.148. The average Bonchev–Trinajstić information content (AvgIpc) is 0.785. The molecule has 42 heteroatoms. The Morgan fingerprint density at radius 3 is 0.942 bits per heavy atom. The molecule has 0 radical (unpaired) electrons. The van der Waals surface area contributed by atoms with Crippen molar-refractivity contribution in [1.82, 2.24) is 86.7 Å². The number of esters is 2. The van der Waals surface area contributed by atoms with Crippen molar-refractivity contribution in [2.45, 2.75) is 257 Å². The number of hydrogen-bond donors (Lipinski definition) is 10. The molecule has 8 saturated heterocycles. The number of methoxy groups -OCH3 is 2. The van der Waals surface area contributed by atoms with Gasteiger partial charge in [0, 0.05) is 166 Å². The number of carboxylic acids is 1. The third-order valence-electron chi connectivity index (χ3n) is 23.6. The molecule has 6 aromatic rings. The normalized spacial score (nSPS) is 20.9. The van der Waals surface area contributed by atoms with E-state index in [1.807, 2.05) is 110 Å². The molecule has 8 aliphatic rings. The van der Waals surface area contributed by atoms with E-state index in [1.165, 1.54) is 14.2 Å². The first-order valence-electron chi connectivity index (χ1n) is 47.2. The van der Waals surface area contributed by atoms with Gasteiger partial charge in [0.25, 0.3) is 0 Å². The van der Waals surface area contributed by atoms with Crippen molar-refractivity contribution in [2.24, 2.45) is 29.2 Å². The highest BCUT2D eigenvalue weighted by atomic mass is 79.9. The Bertz CT molecular complexity index is 5290. The molecule has 3 aromatic heterocycles. The number of rotatable bonds is 18. The van der Waals surface area contributed by atoms with E-state index < -0.39 is 52.7 Å². The second kappa shape index (κ2) is 50.9. The Balaban J connectivity index is 0.000000208. The molecule has 11 heterocycles. The molecule has 0 bridgehead atoms. The number of likely N-dealkylation sites (tertiary alicyclic amines) is 4. The van der Waals surface area contributed by atoms with E-state index in [9.17, 15) is 53.7 Å². The lowest BCUT2D eigenvalue weighted by atomic mass is 9.94. The van der Waals surface area contributed by atoms with Gasteiger partial charge < -0.3 is 96.9 Å². The molecule has 11 atom stereocenters. The number of benzene rings is 3. The Morgan fingerprint density at radius 2 is 0.676 bits per heavy atom. The van der Waals surface area contributed by atoms with Gasteiger partial charge in [-0.3, -0.25) is 73.5 Å². The van der Waals surface area contributed by atoms with Crippen LogP contribution in [0.4, 0.5) is 36.2 Å². The maximum atomic E-state index is 13.1. The fraction of sp³-hybridized carbons (Fsp3) is 0.629. The summed E-state index contributed by atoms with van der Waals surface area (Å²) in [6, 6.07) is 17.2. The number of hydrogen-bond acceptors (Lipinski definition) is 34. The largest absolute Gasteiger partial charge is 0.480 e. The van der Waals surface area contributed by atoms with Crippen LogP contribution in [-0.2, 0) is 52.4 Å². The molecule has 8 aliphatic heterocycles. The minimum absolute atomic E-state index is 0.0111. The number of nitrogens with one attached hydrogen (secondary N) is 7. The first kappa shape index (κ1) is 112. The van der Waals surface area contributed by atoms with Gasteiger partial charge in [0.2, 0.25) is 11.8 Å². The molecule has 6 amide bonds. The first-order valence-corrected chi connectivity index (χ1v) is 48.1. The number of aliphatic carboxylic acids is 1. The SMILES string of the molecule is CC(C(=O)N[C@@H]1C[C@H](C)CN(c2ccc(C#N)c3nccnc23)C1)N1CC(N)C1.CC(C(=O)N[C@@H]1C[C@H](C)CN(c2ccc(C#N)c3nccnc23)C1)N1CC(NC(=O)OC(C)(C)C)C1.CC(C(=O)O)N1CC(NC(=O)OC(C)(C)C)C1.CC(C)(C)OC(=O)NC1CNC1.COC(=O)C(C)Br.COC(=O)C(C)N1CC(NC(=O)OC(C)(C)C)C1.C[C@H]1C[C@@H](N)CN(c2ccc(C#N)c3nccnc23)C1. The molecule has 139 heavy (non-hydrogen) atoms. The summed E-state index contributed by atoms with van der Waals surface area (Å²) < 4.78 is 29.6. The molecule has 41 nitrogen and oxygen atoms in total. The van der Waals surface area contributed by atoms with Gasteiger partial charge in [0.15, 0.2) is 0 Å². The molecule has 8 fully saturated rings. The molecule has 3 aromatic carbocycles. The smallest absolute Gasteiger partial charge is 0.407 e. The number of ether oxygens (including phenoxy) is 6. The number of anilines is 3. The van der Waals surface area contributed by atoms with Crippen molar-refractivity contribution in [3.63, 3.8) is 0 Å². The zero-order valence-electron chi connectivity index (χ0n) is 84.4. The number of halogens is 1. The van der Waals surface area contributed by atoms with E-state index in [0.717, 1.165) is 99.7 Å². The molecular weight excluding hydrogens is 1850 g/mol. The lowest BCUT2D eigenvalue weighted by Gasteiger charge is -2.43. The molecule has 0 saturated carbocycles. The summed E-state index contributed by atoms with van der Waals surface area (Å²) in [4.78, 5) is 145. The minimum atomic E-state index is -0.847.